The van der Waals surface area contributed by atoms with E-state index in [-0.39, 0.29) is 5.92 Å². The molecule has 0 aliphatic carbocycles. The van der Waals surface area contributed by atoms with E-state index in [2.05, 4.69) is 65.2 Å². The van der Waals surface area contributed by atoms with Gasteiger partial charge in [0, 0.05) is 40.7 Å². The quantitative estimate of drug-likeness (QED) is 0.466. The third-order valence-corrected chi connectivity index (χ3v) is 4.73. The monoisotopic (exact) mass is 313 g/mol. The minimum absolute atomic E-state index is 0.183. The van der Waals surface area contributed by atoms with E-state index in [1.165, 1.54) is 27.4 Å². The molecule has 0 spiro atoms. The first-order valence-electron chi connectivity index (χ1n) is 8.33. The number of carbonyl (C=O) groups excluding carboxylic acids is 1. The average molecular weight is 313 g/mol. The predicted molar refractivity (Wildman–Crippen MR) is 99.3 cm³/mol. The van der Waals surface area contributed by atoms with Gasteiger partial charge in [0.1, 0.15) is 6.29 Å². The molecular formula is C22H19NO. The van der Waals surface area contributed by atoms with Crippen molar-refractivity contribution in [2.45, 2.75) is 18.9 Å². The molecular weight excluding hydrogens is 294 g/mol. The summed E-state index contributed by atoms with van der Waals surface area (Å²) in [6.07, 6.45) is 1.57. The largest absolute Gasteiger partial charge is 0.340 e. The Morgan fingerprint density at radius 2 is 1.29 bits per heavy atom. The fourth-order valence-electron chi connectivity index (χ4n) is 3.58. The zero-order chi connectivity index (χ0) is 16.4. The van der Waals surface area contributed by atoms with Crippen molar-refractivity contribution in [2.75, 3.05) is 0 Å². The maximum absolute atomic E-state index is 11.2. The second-order valence-electron chi connectivity index (χ2n) is 6.15. The summed E-state index contributed by atoms with van der Waals surface area (Å²) in [5.74, 6) is 0.183. The van der Waals surface area contributed by atoms with Crippen molar-refractivity contribution in [3.8, 4) is 0 Å². The molecule has 2 heteroatoms. The first-order chi connectivity index (χ1) is 11.9. The number of carbonyl (C=O) groups is 1. The van der Waals surface area contributed by atoms with Crippen LogP contribution in [0.1, 0.15) is 17.9 Å². The van der Waals surface area contributed by atoms with E-state index in [0.29, 0.717) is 6.42 Å². The topological polar surface area (TPSA) is 22.0 Å². The van der Waals surface area contributed by atoms with E-state index in [1.807, 2.05) is 18.2 Å². The van der Waals surface area contributed by atoms with Crippen LogP contribution in [-0.2, 0) is 11.3 Å². The molecule has 1 atom stereocenters. The molecule has 24 heavy (non-hydrogen) atoms. The molecule has 0 aliphatic rings. The summed E-state index contributed by atoms with van der Waals surface area (Å²) < 4.78 is 2.35. The molecule has 2 nitrogen and oxygen atoms in total. The van der Waals surface area contributed by atoms with Gasteiger partial charge in [0.05, 0.1) is 0 Å². The molecule has 0 radical (unpaired) electrons. The van der Waals surface area contributed by atoms with Crippen molar-refractivity contribution in [3.63, 3.8) is 0 Å². The molecule has 0 bridgehead atoms. The van der Waals surface area contributed by atoms with Crippen LogP contribution in [-0.4, -0.2) is 10.9 Å². The van der Waals surface area contributed by atoms with Crippen molar-refractivity contribution in [3.05, 3.63) is 84.4 Å². The zero-order valence-electron chi connectivity index (χ0n) is 13.4. The Kier molecular flexibility index (Phi) is 3.87. The number of nitrogens with zero attached hydrogens (tertiary/aromatic N) is 1. The van der Waals surface area contributed by atoms with Gasteiger partial charge in [-0.05, 0) is 17.7 Å². The SMILES string of the molecule is O=CC[C@H](Cn1c2ccccc2c2ccccc21)c1ccccc1. The highest BCUT2D eigenvalue weighted by Gasteiger charge is 2.16. The smallest absolute Gasteiger partial charge is 0.120 e. The van der Waals surface area contributed by atoms with E-state index in [4.69, 9.17) is 0 Å². The Morgan fingerprint density at radius 1 is 0.750 bits per heavy atom. The first-order valence-corrected chi connectivity index (χ1v) is 8.33. The van der Waals surface area contributed by atoms with E-state index in [1.54, 1.807) is 0 Å². The molecule has 0 saturated carbocycles. The van der Waals surface area contributed by atoms with Crippen LogP contribution in [0.15, 0.2) is 78.9 Å². The van der Waals surface area contributed by atoms with E-state index < -0.39 is 0 Å². The number of fused-ring (bicyclic) bond motifs is 3. The summed E-state index contributed by atoms with van der Waals surface area (Å²) in [4.78, 5) is 11.2. The zero-order valence-corrected chi connectivity index (χ0v) is 13.4. The average Bonchev–Trinajstić information content (AvgIpc) is 2.96. The third-order valence-electron chi connectivity index (χ3n) is 4.73. The maximum Gasteiger partial charge on any atom is 0.120 e. The first kappa shape index (κ1) is 14.7. The van der Waals surface area contributed by atoms with Crippen molar-refractivity contribution >= 4 is 28.1 Å². The number of benzene rings is 3. The molecule has 1 aromatic heterocycles. The van der Waals surface area contributed by atoms with Crippen LogP contribution in [0.3, 0.4) is 0 Å². The number of rotatable bonds is 5. The van der Waals surface area contributed by atoms with Crippen LogP contribution in [0.25, 0.3) is 21.8 Å². The second-order valence-corrected chi connectivity index (χ2v) is 6.15. The van der Waals surface area contributed by atoms with Gasteiger partial charge in [0.2, 0.25) is 0 Å². The maximum atomic E-state index is 11.2. The van der Waals surface area contributed by atoms with E-state index in [9.17, 15) is 4.79 Å². The number of aromatic nitrogens is 1. The Labute approximate surface area is 141 Å². The van der Waals surface area contributed by atoms with Crippen LogP contribution in [0, 0.1) is 0 Å². The Morgan fingerprint density at radius 3 is 1.88 bits per heavy atom. The lowest BCUT2D eigenvalue weighted by Crippen LogP contribution is -2.10. The number of para-hydroxylation sites is 2. The summed E-state index contributed by atoms with van der Waals surface area (Å²) in [6.45, 7) is 0.802. The highest BCUT2D eigenvalue weighted by atomic mass is 16.1. The number of hydrogen-bond acceptors (Lipinski definition) is 1. The summed E-state index contributed by atoms with van der Waals surface area (Å²) in [5, 5.41) is 2.54. The van der Waals surface area contributed by atoms with Crippen molar-refractivity contribution < 1.29 is 4.79 Å². The standard InChI is InChI=1S/C22H19NO/c24-15-14-18(17-8-2-1-3-9-17)16-23-21-12-6-4-10-19(21)20-11-5-7-13-22(20)23/h1-13,15,18H,14,16H2/t18-/m1/s1. The van der Waals surface area contributed by atoms with E-state index in [0.717, 1.165) is 12.8 Å². The Bertz CT molecular complexity index is 931. The van der Waals surface area contributed by atoms with Gasteiger partial charge in [0.15, 0.2) is 0 Å². The lowest BCUT2D eigenvalue weighted by Gasteiger charge is -2.17. The van der Waals surface area contributed by atoms with Gasteiger partial charge in [-0.3, -0.25) is 0 Å². The molecule has 118 valence electrons. The molecule has 0 fully saturated rings. The van der Waals surface area contributed by atoms with Gasteiger partial charge in [0.25, 0.3) is 0 Å². The summed E-state index contributed by atoms with van der Waals surface area (Å²) in [6, 6.07) is 27.3. The van der Waals surface area contributed by atoms with Crippen LogP contribution in [0.2, 0.25) is 0 Å². The third kappa shape index (κ3) is 2.50. The lowest BCUT2D eigenvalue weighted by molar-refractivity contribution is -0.108. The highest BCUT2D eigenvalue weighted by Crippen LogP contribution is 2.31. The Balaban J connectivity index is 1.86. The predicted octanol–water partition coefficient (Wildman–Crippen LogP) is 5.17. The van der Waals surface area contributed by atoms with Crippen molar-refractivity contribution in [2.24, 2.45) is 0 Å². The van der Waals surface area contributed by atoms with Gasteiger partial charge in [-0.2, -0.15) is 0 Å². The lowest BCUT2D eigenvalue weighted by atomic mass is 9.96. The van der Waals surface area contributed by atoms with Gasteiger partial charge < -0.3 is 9.36 Å². The summed E-state index contributed by atoms with van der Waals surface area (Å²) in [5.41, 5.74) is 3.67. The van der Waals surface area contributed by atoms with Gasteiger partial charge >= 0.3 is 0 Å². The minimum atomic E-state index is 0.183. The van der Waals surface area contributed by atoms with Crippen LogP contribution < -0.4 is 0 Å². The molecule has 0 aliphatic heterocycles. The summed E-state index contributed by atoms with van der Waals surface area (Å²) >= 11 is 0. The Hall–Kier alpha value is -2.87. The molecule has 3 aromatic carbocycles. The van der Waals surface area contributed by atoms with Gasteiger partial charge in [-0.15, -0.1) is 0 Å². The molecule has 0 unspecified atom stereocenters. The highest BCUT2D eigenvalue weighted by molar-refractivity contribution is 6.07. The minimum Gasteiger partial charge on any atom is -0.340 e. The molecule has 0 N–H and O–H groups in total. The van der Waals surface area contributed by atoms with Crippen LogP contribution in [0.4, 0.5) is 0 Å². The molecule has 0 amide bonds. The molecule has 1 heterocycles. The fourth-order valence-corrected chi connectivity index (χ4v) is 3.58. The molecule has 0 saturated heterocycles. The van der Waals surface area contributed by atoms with Crippen molar-refractivity contribution in [1.29, 1.82) is 0 Å². The normalized spacial score (nSPS) is 12.5. The number of hydrogen-bond donors (Lipinski definition) is 0. The van der Waals surface area contributed by atoms with Gasteiger partial charge in [-0.25, -0.2) is 0 Å². The summed E-state index contributed by atoms with van der Waals surface area (Å²) in [7, 11) is 0. The second kappa shape index (κ2) is 6.32. The molecule has 4 rings (SSSR count). The molecule has 4 aromatic rings. The van der Waals surface area contributed by atoms with Crippen molar-refractivity contribution in [1.82, 2.24) is 4.57 Å². The number of aldehydes is 1. The fraction of sp³-hybridized carbons (Fsp3) is 0.136. The van der Waals surface area contributed by atoms with Crippen LogP contribution in [0.5, 0.6) is 0 Å². The van der Waals surface area contributed by atoms with Crippen LogP contribution >= 0.6 is 0 Å². The van der Waals surface area contributed by atoms with E-state index >= 15 is 0 Å². The van der Waals surface area contributed by atoms with Gasteiger partial charge in [-0.1, -0.05) is 66.7 Å².